The van der Waals surface area contributed by atoms with Gasteiger partial charge < -0.3 is 20.7 Å². The van der Waals surface area contributed by atoms with Crippen molar-refractivity contribution in [2.24, 2.45) is 5.73 Å². The molecule has 2 aliphatic rings. The molecule has 0 spiro atoms. The van der Waals surface area contributed by atoms with Gasteiger partial charge in [0.2, 0.25) is 0 Å². The predicted molar refractivity (Wildman–Crippen MR) is 121 cm³/mol. The normalized spacial score (nSPS) is 21.4. The summed E-state index contributed by atoms with van der Waals surface area (Å²) >= 11 is 0. The maximum Gasteiger partial charge on any atom is 0.250 e. The summed E-state index contributed by atoms with van der Waals surface area (Å²) in [7, 11) is 0. The standard InChI is InChI=1S/C25H29N3O2/c26-25(30)19-13-8-16(15-21(19)27-17-9-11-18(29)12-10-17)24-20-5-1-2-6-22(20)28-14-4-3-7-23(24)28/h1-2,5-6,8,13,15,17-18,27,29H,3-4,7,9-12,14H2,(H2,26,30)/t17-,18-. The van der Waals surface area contributed by atoms with E-state index in [1.807, 2.05) is 12.1 Å². The second-order valence-corrected chi connectivity index (χ2v) is 8.72. The van der Waals surface area contributed by atoms with Crippen LogP contribution >= 0.6 is 0 Å². The van der Waals surface area contributed by atoms with Gasteiger partial charge in [0.1, 0.15) is 0 Å². The number of anilines is 1. The Kier molecular flexibility index (Phi) is 4.99. The molecule has 1 aromatic heterocycles. The molecule has 30 heavy (non-hydrogen) atoms. The van der Waals surface area contributed by atoms with E-state index in [-0.39, 0.29) is 12.1 Å². The average Bonchev–Trinajstić information content (AvgIpc) is 3.10. The first-order valence-electron chi connectivity index (χ1n) is 11.1. The molecule has 3 aromatic rings. The highest BCUT2D eigenvalue weighted by Crippen LogP contribution is 2.39. The van der Waals surface area contributed by atoms with E-state index in [1.54, 1.807) is 0 Å². The van der Waals surface area contributed by atoms with Crippen molar-refractivity contribution in [1.29, 1.82) is 0 Å². The van der Waals surface area contributed by atoms with Gasteiger partial charge in [0.05, 0.1) is 11.7 Å². The number of carbonyl (C=O) groups excluding carboxylic acids is 1. The van der Waals surface area contributed by atoms with Gasteiger partial charge in [-0.25, -0.2) is 0 Å². The summed E-state index contributed by atoms with van der Waals surface area (Å²) in [5.41, 5.74) is 12.1. The molecule has 2 aromatic carbocycles. The Bertz CT molecular complexity index is 1090. The van der Waals surface area contributed by atoms with Gasteiger partial charge in [-0.3, -0.25) is 4.79 Å². The molecule has 1 aliphatic carbocycles. The van der Waals surface area contributed by atoms with Crippen LogP contribution < -0.4 is 11.1 Å². The summed E-state index contributed by atoms with van der Waals surface area (Å²) in [6.07, 6.45) is 6.67. The number of aliphatic hydroxyl groups excluding tert-OH is 1. The number of fused-ring (bicyclic) bond motifs is 3. The number of nitrogens with two attached hydrogens (primary N) is 1. The topological polar surface area (TPSA) is 80.3 Å². The first-order chi connectivity index (χ1) is 14.6. The van der Waals surface area contributed by atoms with Crippen molar-refractivity contribution in [3.05, 3.63) is 53.7 Å². The zero-order valence-electron chi connectivity index (χ0n) is 17.2. The van der Waals surface area contributed by atoms with Crippen molar-refractivity contribution < 1.29 is 9.90 Å². The van der Waals surface area contributed by atoms with Gasteiger partial charge in [-0.05, 0) is 68.7 Å². The molecule has 0 radical (unpaired) electrons. The molecule has 156 valence electrons. The molecule has 5 nitrogen and oxygen atoms in total. The Labute approximate surface area is 176 Å². The minimum atomic E-state index is -0.413. The van der Waals surface area contributed by atoms with Crippen molar-refractivity contribution in [2.45, 2.75) is 63.6 Å². The number of primary amides is 1. The molecule has 0 saturated heterocycles. The molecular formula is C25H29N3O2. The summed E-state index contributed by atoms with van der Waals surface area (Å²) in [4.78, 5) is 12.1. The van der Waals surface area contributed by atoms with Crippen LogP contribution in [0.1, 0.15) is 54.6 Å². The van der Waals surface area contributed by atoms with E-state index >= 15 is 0 Å². The molecule has 0 unspecified atom stereocenters. The number of hydrogen-bond donors (Lipinski definition) is 3. The van der Waals surface area contributed by atoms with E-state index in [1.165, 1.54) is 35.0 Å². The lowest BCUT2D eigenvalue weighted by Gasteiger charge is -2.28. The number of carbonyl (C=O) groups is 1. The number of aryl methyl sites for hydroxylation is 1. The molecule has 5 rings (SSSR count). The summed E-state index contributed by atoms with van der Waals surface area (Å²) < 4.78 is 2.46. The van der Waals surface area contributed by atoms with Crippen LogP contribution in [0.2, 0.25) is 0 Å². The minimum absolute atomic E-state index is 0.204. The lowest BCUT2D eigenvalue weighted by atomic mass is 9.92. The van der Waals surface area contributed by atoms with Crippen molar-refractivity contribution in [3.63, 3.8) is 0 Å². The van der Waals surface area contributed by atoms with E-state index in [2.05, 4.69) is 40.2 Å². The first-order valence-corrected chi connectivity index (χ1v) is 11.1. The van der Waals surface area contributed by atoms with Crippen LogP contribution in [-0.2, 0) is 13.0 Å². The molecule has 5 heteroatoms. The Morgan fingerprint density at radius 3 is 2.67 bits per heavy atom. The van der Waals surface area contributed by atoms with E-state index in [9.17, 15) is 9.90 Å². The van der Waals surface area contributed by atoms with E-state index in [0.717, 1.165) is 49.9 Å². The zero-order chi connectivity index (χ0) is 20.7. The second-order valence-electron chi connectivity index (χ2n) is 8.72. The van der Waals surface area contributed by atoms with Crippen LogP contribution in [0.3, 0.4) is 0 Å². The fraction of sp³-hybridized carbons (Fsp3) is 0.400. The van der Waals surface area contributed by atoms with E-state index < -0.39 is 5.91 Å². The molecule has 1 amide bonds. The lowest BCUT2D eigenvalue weighted by molar-refractivity contribution is 0.100. The molecular weight excluding hydrogens is 374 g/mol. The largest absolute Gasteiger partial charge is 0.393 e. The number of amides is 1. The third kappa shape index (κ3) is 3.37. The van der Waals surface area contributed by atoms with Crippen LogP contribution in [0.4, 0.5) is 5.69 Å². The number of aliphatic hydroxyl groups is 1. The Balaban J connectivity index is 1.60. The van der Waals surface area contributed by atoms with Gasteiger partial charge in [0.25, 0.3) is 5.91 Å². The summed E-state index contributed by atoms with van der Waals surface area (Å²) in [5, 5.41) is 14.6. The van der Waals surface area contributed by atoms with Crippen molar-refractivity contribution in [1.82, 2.24) is 4.57 Å². The number of benzene rings is 2. The van der Waals surface area contributed by atoms with Gasteiger partial charge in [-0.1, -0.05) is 24.3 Å². The van der Waals surface area contributed by atoms with E-state index in [0.29, 0.717) is 5.56 Å². The molecule has 0 atom stereocenters. The number of para-hydroxylation sites is 1. The Morgan fingerprint density at radius 1 is 1.07 bits per heavy atom. The smallest absolute Gasteiger partial charge is 0.250 e. The van der Waals surface area contributed by atoms with Crippen molar-refractivity contribution in [2.75, 3.05) is 5.32 Å². The van der Waals surface area contributed by atoms with Gasteiger partial charge in [0.15, 0.2) is 0 Å². The second kappa shape index (κ2) is 7.80. The Hall–Kier alpha value is -2.79. The van der Waals surface area contributed by atoms with Crippen LogP contribution in [-0.4, -0.2) is 27.7 Å². The maximum absolute atomic E-state index is 12.1. The fourth-order valence-electron chi connectivity index (χ4n) is 5.23. The third-order valence-electron chi connectivity index (χ3n) is 6.75. The Morgan fingerprint density at radius 2 is 1.87 bits per heavy atom. The number of nitrogens with one attached hydrogen (secondary N) is 1. The molecule has 2 heterocycles. The van der Waals surface area contributed by atoms with Gasteiger partial charge in [-0.2, -0.15) is 0 Å². The maximum atomic E-state index is 12.1. The highest BCUT2D eigenvalue weighted by Gasteiger charge is 2.24. The van der Waals surface area contributed by atoms with E-state index in [4.69, 9.17) is 5.73 Å². The average molecular weight is 404 g/mol. The van der Waals surface area contributed by atoms with Crippen LogP contribution in [0, 0.1) is 0 Å². The third-order valence-corrected chi connectivity index (χ3v) is 6.75. The highest BCUT2D eigenvalue weighted by molar-refractivity contribution is 6.02. The SMILES string of the molecule is NC(=O)c1ccc(-c2c3n(c4ccccc24)CCCC3)cc1N[C@H]1CC[C@H](O)CC1. The van der Waals surface area contributed by atoms with Gasteiger partial charge in [-0.15, -0.1) is 0 Å². The molecule has 0 bridgehead atoms. The monoisotopic (exact) mass is 403 g/mol. The van der Waals surface area contributed by atoms with Crippen LogP contribution in [0.15, 0.2) is 42.5 Å². The number of rotatable bonds is 4. The van der Waals surface area contributed by atoms with Crippen LogP contribution in [0.5, 0.6) is 0 Å². The number of aromatic nitrogens is 1. The summed E-state index contributed by atoms with van der Waals surface area (Å²) in [6.45, 7) is 1.06. The van der Waals surface area contributed by atoms with Crippen LogP contribution in [0.25, 0.3) is 22.0 Å². The summed E-state index contributed by atoms with van der Waals surface area (Å²) in [6, 6.07) is 14.9. The zero-order valence-corrected chi connectivity index (χ0v) is 17.2. The summed E-state index contributed by atoms with van der Waals surface area (Å²) in [5.74, 6) is -0.413. The predicted octanol–water partition coefficient (Wildman–Crippen LogP) is 4.46. The first kappa shape index (κ1) is 19.2. The number of hydrogen-bond acceptors (Lipinski definition) is 3. The van der Waals surface area contributed by atoms with Gasteiger partial charge >= 0.3 is 0 Å². The quantitative estimate of drug-likeness (QED) is 0.602. The molecule has 1 fully saturated rings. The minimum Gasteiger partial charge on any atom is -0.393 e. The molecule has 4 N–H and O–H groups in total. The molecule has 1 aliphatic heterocycles. The fourth-order valence-corrected chi connectivity index (χ4v) is 5.23. The van der Waals surface area contributed by atoms with Crippen molar-refractivity contribution >= 4 is 22.5 Å². The highest BCUT2D eigenvalue weighted by atomic mass is 16.3. The van der Waals surface area contributed by atoms with Crippen molar-refractivity contribution in [3.8, 4) is 11.1 Å². The number of nitrogens with zero attached hydrogens (tertiary/aromatic N) is 1. The van der Waals surface area contributed by atoms with Gasteiger partial charge in [0, 0.05) is 40.4 Å². The lowest BCUT2D eigenvalue weighted by Crippen LogP contribution is -2.29. The molecule has 1 saturated carbocycles.